The van der Waals surface area contributed by atoms with Crippen molar-refractivity contribution in [1.29, 1.82) is 0 Å². The van der Waals surface area contributed by atoms with Crippen LogP contribution >= 0.6 is 11.3 Å². The summed E-state index contributed by atoms with van der Waals surface area (Å²) in [6.45, 7) is 5.26. The highest BCUT2D eigenvalue weighted by atomic mass is 32.1. The highest BCUT2D eigenvalue weighted by Gasteiger charge is 2.28. The minimum absolute atomic E-state index is 0.0529. The molecule has 4 rings (SSSR count). The molecule has 1 aliphatic heterocycles. The van der Waals surface area contributed by atoms with E-state index < -0.39 is 0 Å². The van der Waals surface area contributed by atoms with E-state index in [4.69, 9.17) is 9.72 Å². The van der Waals surface area contributed by atoms with Gasteiger partial charge in [-0.1, -0.05) is 18.2 Å². The minimum atomic E-state index is 0.0529. The number of hydrogen-bond donors (Lipinski definition) is 0. The second-order valence-electron chi connectivity index (χ2n) is 6.55. The van der Waals surface area contributed by atoms with Crippen LogP contribution in [0.4, 0.5) is 0 Å². The Balaban J connectivity index is 1.81. The number of fused-ring (bicyclic) bond motifs is 1. The van der Waals surface area contributed by atoms with Crippen molar-refractivity contribution in [1.82, 2.24) is 9.88 Å². The molecule has 4 nitrogen and oxygen atoms in total. The van der Waals surface area contributed by atoms with Crippen LogP contribution in [0.5, 0.6) is 0 Å². The fourth-order valence-electron chi connectivity index (χ4n) is 3.42. The van der Waals surface area contributed by atoms with Crippen LogP contribution in [0.25, 0.3) is 22.2 Å². The van der Waals surface area contributed by atoms with E-state index in [0.29, 0.717) is 18.7 Å². The van der Waals surface area contributed by atoms with Crippen molar-refractivity contribution in [2.45, 2.75) is 26.1 Å². The van der Waals surface area contributed by atoms with E-state index in [9.17, 15) is 4.79 Å². The topological polar surface area (TPSA) is 42.4 Å². The quantitative estimate of drug-likeness (QED) is 0.694. The van der Waals surface area contributed by atoms with Crippen molar-refractivity contribution in [2.24, 2.45) is 0 Å². The van der Waals surface area contributed by atoms with Crippen LogP contribution in [0.2, 0.25) is 0 Å². The number of pyridine rings is 1. The number of thiophene rings is 1. The number of amides is 1. The van der Waals surface area contributed by atoms with Crippen molar-refractivity contribution < 1.29 is 9.53 Å². The molecule has 2 atom stereocenters. The van der Waals surface area contributed by atoms with E-state index in [0.717, 1.165) is 22.2 Å². The Labute approximate surface area is 151 Å². The molecule has 2 aromatic heterocycles. The highest BCUT2D eigenvalue weighted by molar-refractivity contribution is 7.08. The third-order valence-electron chi connectivity index (χ3n) is 4.47. The minimum Gasteiger partial charge on any atom is -0.372 e. The number of rotatable bonds is 2. The molecular formula is C20H20N2O2S. The lowest BCUT2D eigenvalue weighted by molar-refractivity contribution is -0.0585. The van der Waals surface area contributed by atoms with Gasteiger partial charge in [0.15, 0.2) is 0 Å². The molecule has 0 spiro atoms. The summed E-state index contributed by atoms with van der Waals surface area (Å²) in [6, 6.07) is 11.8. The zero-order chi connectivity index (χ0) is 17.4. The lowest BCUT2D eigenvalue weighted by Crippen LogP contribution is -2.48. The van der Waals surface area contributed by atoms with Crippen LogP contribution < -0.4 is 0 Å². The highest BCUT2D eigenvalue weighted by Crippen LogP contribution is 2.27. The normalized spacial score (nSPS) is 20.8. The Bertz CT molecular complexity index is 897. The van der Waals surface area contributed by atoms with E-state index in [1.807, 2.05) is 60.5 Å². The zero-order valence-corrected chi connectivity index (χ0v) is 15.1. The van der Waals surface area contributed by atoms with Gasteiger partial charge in [-0.3, -0.25) is 4.79 Å². The summed E-state index contributed by atoms with van der Waals surface area (Å²) in [5, 5.41) is 4.99. The lowest BCUT2D eigenvalue weighted by atomic mass is 10.0. The molecule has 1 aliphatic rings. The monoisotopic (exact) mass is 352 g/mol. The van der Waals surface area contributed by atoms with Crippen molar-refractivity contribution in [2.75, 3.05) is 13.1 Å². The summed E-state index contributed by atoms with van der Waals surface area (Å²) in [4.78, 5) is 19.9. The average Bonchev–Trinajstić information content (AvgIpc) is 3.14. The summed E-state index contributed by atoms with van der Waals surface area (Å²) >= 11 is 1.63. The Morgan fingerprint density at radius 1 is 1.20 bits per heavy atom. The second kappa shape index (κ2) is 6.58. The van der Waals surface area contributed by atoms with E-state index in [1.165, 1.54) is 0 Å². The van der Waals surface area contributed by atoms with Crippen LogP contribution in [-0.2, 0) is 4.74 Å². The molecule has 1 fully saturated rings. The van der Waals surface area contributed by atoms with E-state index in [1.54, 1.807) is 11.3 Å². The molecule has 3 aromatic rings. The fourth-order valence-corrected chi connectivity index (χ4v) is 4.07. The van der Waals surface area contributed by atoms with Crippen molar-refractivity contribution >= 4 is 28.1 Å². The maximum atomic E-state index is 13.3. The van der Waals surface area contributed by atoms with Crippen molar-refractivity contribution in [3.05, 3.63) is 52.7 Å². The molecular weight excluding hydrogens is 332 g/mol. The van der Waals surface area contributed by atoms with Gasteiger partial charge in [-0.15, -0.1) is 0 Å². The number of para-hydroxylation sites is 1. The van der Waals surface area contributed by atoms with Crippen molar-refractivity contribution in [3.63, 3.8) is 0 Å². The number of benzene rings is 1. The third kappa shape index (κ3) is 3.17. The first-order chi connectivity index (χ1) is 12.1. The first kappa shape index (κ1) is 16.2. The molecule has 3 heterocycles. The summed E-state index contributed by atoms with van der Waals surface area (Å²) in [5.74, 6) is 0.0529. The van der Waals surface area contributed by atoms with Gasteiger partial charge in [-0.05, 0) is 37.4 Å². The molecule has 0 radical (unpaired) electrons. The van der Waals surface area contributed by atoms with Gasteiger partial charge < -0.3 is 9.64 Å². The van der Waals surface area contributed by atoms with Gasteiger partial charge in [0.05, 0.1) is 29.0 Å². The zero-order valence-electron chi connectivity index (χ0n) is 14.3. The molecule has 0 N–H and O–H groups in total. The fraction of sp³-hybridized carbons (Fsp3) is 0.300. The molecule has 128 valence electrons. The average molecular weight is 352 g/mol. The summed E-state index contributed by atoms with van der Waals surface area (Å²) < 4.78 is 5.77. The first-order valence-corrected chi connectivity index (χ1v) is 9.43. The predicted molar refractivity (Wildman–Crippen MR) is 101 cm³/mol. The summed E-state index contributed by atoms with van der Waals surface area (Å²) in [6.07, 6.45) is 0.106. The largest absolute Gasteiger partial charge is 0.372 e. The number of nitrogens with zero attached hydrogens (tertiary/aromatic N) is 2. The maximum absolute atomic E-state index is 13.3. The molecule has 25 heavy (non-hydrogen) atoms. The number of ether oxygens (including phenoxy) is 1. The smallest absolute Gasteiger partial charge is 0.254 e. The van der Waals surface area contributed by atoms with Crippen LogP contribution in [-0.4, -0.2) is 41.1 Å². The van der Waals surface area contributed by atoms with Gasteiger partial charge in [-0.2, -0.15) is 11.3 Å². The standard InChI is InChI=1S/C20H20N2O2S/c1-13-10-22(11-14(2)24-13)20(23)17-9-19(15-7-8-25-12-15)21-18-6-4-3-5-16(17)18/h3-9,12-14H,10-11H2,1-2H3. The molecule has 1 amide bonds. The Morgan fingerprint density at radius 2 is 1.96 bits per heavy atom. The maximum Gasteiger partial charge on any atom is 0.254 e. The number of carbonyl (C=O) groups excluding carboxylic acids is 1. The second-order valence-corrected chi connectivity index (χ2v) is 7.33. The Kier molecular flexibility index (Phi) is 4.27. The first-order valence-electron chi connectivity index (χ1n) is 8.49. The van der Waals surface area contributed by atoms with E-state index in [2.05, 4.69) is 5.38 Å². The summed E-state index contributed by atoms with van der Waals surface area (Å²) in [7, 11) is 0. The number of aromatic nitrogens is 1. The van der Waals surface area contributed by atoms with Gasteiger partial charge in [0.25, 0.3) is 5.91 Å². The molecule has 1 aromatic carbocycles. The molecule has 0 bridgehead atoms. The van der Waals surface area contributed by atoms with Crippen LogP contribution in [0.1, 0.15) is 24.2 Å². The number of carbonyl (C=O) groups is 1. The van der Waals surface area contributed by atoms with Crippen LogP contribution in [0, 0.1) is 0 Å². The van der Waals surface area contributed by atoms with Gasteiger partial charge in [0.1, 0.15) is 0 Å². The lowest BCUT2D eigenvalue weighted by Gasteiger charge is -2.35. The predicted octanol–water partition coefficient (Wildman–Crippen LogP) is 4.21. The molecule has 0 saturated carbocycles. The molecule has 0 aliphatic carbocycles. The summed E-state index contributed by atoms with van der Waals surface area (Å²) in [5.41, 5.74) is 3.46. The van der Waals surface area contributed by atoms with Crippen LogP contribution in [0.15, 0.2) is 47.2 Å². The van der Waals surface area contributed by atoms with Crippen LogP contribution in [0.3, 0.4) is 0 Å². The van der Waals surface area contributed by atoms with Crippen molar-refractivity contribution in [3.8, 4) is 11.3 Å². The van der Waals surface area contributed by atoms with Gasteiger partial charge in [0.2, 0.25) is 0 Å². The Morgan fingerprint density at radius 3 is 2.68 bits per heavy atom. The molecule has 2 unspecified atom stereocenters. The molecule has 5 heteroatoms. The van der Waals surface area contributed by atoms with E-state index in [-0.39, 0.29) is 18.1 Å². The van der Waals surface area contributed by atoms with Gasteiger partial charge in [-0.25, -0.2) is 4.98 Å². The van der Waals surface area contributed by atoms with Gasteiger partial charge >= 0.3 is 0 Å². The SMILES string of the molecule is CC1CN(C(=O)c2cc(-c3ccsc3)nc3ccccc23)CC(C)O1. The number of morpholine rings is 1. The molecule has 1 saturated heterocycles. The number of hydrogen-bond acceptors (Lipinski definition) is 4. The third-order valence-corrected chi connectivity index (χ3v) is 5.15. The van der Waals surface area contributed by atoms with Gasteiger partial charge in [0, 0.05) is 29.4 Å². The Hall–Kier alpha value is -2.24. The van der Waals surface area contributed by atoms with E-state index >= 15 is 0 Å².